The van der Waals surface area contributed by atoms with Gasteiger partial charge in [-0.1, -0.05) is 17.7 Å². The minimum Gasteiger partial charge on any atom is -0.495 e. The number of hydrogen-bond donors (Lipinski definition) is 1. The fourth-order valence-electron chi connectivity index (χ4n) is 2.61. The summed E-state index contributed by atoms with van der Waals surface area (Å²) in [5.41, 5.74) is 2.11. The zero-order valence-electron chi connectivity index (χ0n) is 15.5. The molecule has 6 nitrogen and oxygen atoms in total. The molecular formula is C19H23ClN2O4S. The molecule has 0 saturated carbocycles. The van der Waals surface area contributed by atoms with E-state index in [4.69, 9.17) is 16.3 Å². The Bertz CT molecular complexity index is 898. The van der Waals surface area contributed by atoms with E-state index in [0.29, 0.717) is 28.6 Å². The summed E-state index contributed by atoms with van der Waals surface area (Å²) in [4.78, 5) is 12.3. The first-order valence-corrected chi connectivity index (χ1v) is 10.6. The van der Waals surface area contributed by atoms with Crippen LogP contribution in [0.5, 0.6) is 5.75 Å². The molecule has 2 aromatic carbocycles. The second-order valence-electron chi connectivity index (χ2n) is 6.17. The molecule has 0 bridgehead atoms. The van der Waals surface area contributed by atoms with E-state index >= 15 is 0 Å². The number of carbonyl (C=O) groups is 1. The monoisotopic (exact) mass is 410 g/mol. The van der Waals surface area contributed by atoms with E-state index in [1.165, 1.54) is 11.4 Å². The summed E-state index contributed by atoms with van der Waals surface area (Å²) in [5, 5.41) is 3.34. The van der Waals surface area contributed by atoms with Crippen LogP contribution in [0.4, 0.5) is 11.4 Å². The van der Waals surface area contributed by atoms with Crippen LogP contribution >= 0.6 is 11.6 Å². The summed E-state index contributed by atoms with van der Waals surface area (Å²) in [6.45, 7) is 2.12. The van der Waals surface area contributed by atoms with Gasteiger partial charge in [0, 0.05) is 18.0 Å². The molecule has 146 valence electrons. The van der Waals surface area contributed by atoms with Gasteiger partial charge in [-0.05, 0) is 55.3 Å². The van der Waals surface area contributed by atoms with Crippen LogP contribution < -0.4 is 14.4 Å². The van der Waals surface area contributed by atoms with Gasteiger partial charge in [0.1, 0.15) is 5.75 Å². The Morgan fingerprint density at radius 2 is 1.85 bits per heavy atom. The summed E-state index contributed by atoms with van der Waals surface area (Å²) < 4.78 is 30.7. The summed E-state index contributed by atoms with van der Waals surface area (Å²) in [6, 6.07) is 12.1. The van der Waals surface area contributed by atoms with Crippen LogP contribution in [0.1, 0.15) is 18.4 Å². The molecule has 0 aromatic heterocycles. The largest absolute Gasteiger partial charge is 0.495 e. The van der Waals surface area contributed by atoms with E-state index in [0.717, 1.165) is 11.8 Å². The maximum Gasteiger partial charge on any atom is 0.232 e. The molecule has 0 aliphatic rings. The van der Waals surface area contributed by atoms with Crippen molar-refractivity contribution < 1.29 is 17.9 Å². The van der Waals surface area contributed by atoms with Gasteiger partial charge in [0.05, 0.1) is 24.7 Å². The smallest absolute Gasteiger partial charge is 0.232 e. The second kappa shape index (κ2) is 9.10. The van der Waals surface area contributed by atoms with Gasteiger partial charge in [-0.3, -0.25) is 9.10 Å². The highest BCUT2D eigenvalue weighted by molar-refractivity contribution is 7.92. The minimum absolute atomic E-state index is 0.177. The van der Waals surface area contributed by atoms with Gasteiger partial charge in [-0.25, -0.2) is 8.42 Å². The first kappa shape index (κ1) is 21.1. The van der Waals surface area contributed by atoms with Crippen molar-refractivity contribution in [2.24, 2.45) is 0 Å². The van der Waals surface area contributed by atoms with Crippen molar-refractivity contribution in [1.29, 1.82) is 0 Å². The fourth-order valence-corrected chi connectivity index (χ4v) is 3.70. The van der Waals surface area contributed by atoms with Crippen molar-refractivity contribution >= 4 is 38.9 Å². The number of aryl methyl sites for hydroxylation is 1. The first-order chi connectivity index (χ1) is 12.7. The highest BCUT2D eigenvalue weighted by Gasteiger charge is 2.18. The van der Waals surface area contributed by atoms with Gasteiger partial charge in [-0.2, -0.15) is 0 Å². The molecule has 0 atom stereocenters. The second-order valence-corrected chi connectivity index (χ2v) is 8.51. The molecule has 1 amide bonds. The van der Waals surface area contributed by atoms with Crippen LogP contribution in [0, 0.1) is 6.92 Å². The third-order valence-corrected chi connectivity index (χ3v) is 5.36. The summed E-state index contributed by atoms with van der Waals surface area (Å²) in [7, 11) is -1.93. The Morgan fingerprint density at radius 3 is 2.44 bits per heavy atom. The van der Waals surface area contributed by atoms with Gasteiger partial charge in [0.2, 0.25) is 15.9 Å². The third kappa shape index (κ3) is 6.15. The van der Waals surface area contributed by atoms with Crippen LogP contribution in [-0.4, -0.2) is 34.2 Å². The number of benzene rings is 2. The lowest BCUT2D eigenvalue weighted by Gasteiger charge is -2.22. The molecule has 2 rings (SSSR count). The third-order valence-electron chi connectivity index (χ3n) is 3.91. The number of nitrogens with zero attached hydrogens (tertiary/aromatic N) is 1. The van der Waals surface area contributed by atoms with Gasteiger partial charge in [0.15, 0.2) is 0 Å². The van der Waals surface area contributed by atoms with Crippen molar-refractivity contribution in [3.63, 3.8) is 0 Å². The number of sulfonamides is 1. The van der Waals surface area contributed by atoms with Crippen LogP contribution in [0.3, 0.4) is 0 Å². The predicted octanol–water partition coefficient (Wildman–Crippen LogP) is 3.84. The summed E-state index contributed by atoms with van der Waals surface area (Å²) in [5.74, 6) is 0.372. The van der Waals surface area contributed by atoms with Crippen molar-refractivity contribution in [3.8, 4) is 5.75 Å². The molecule has 1 N–H and O–H groups in total. The molecule has 27 heavy (non-hydrogen) atoms. The van der Waals surface area contributed by atoms with Gasteiger partial charge in [-0.15, -0.1) is 0 Å². The van der Waals surface area contributed by atoms with Gasteiger partial charge in [0.25, 0.3) is 0 Å². The van der Waals surface area contributed by atoms with Crippen molar-refractivity contribution in [2.75, 3.05) is 29.5 Å². The van der Waals surface area contributed by atoms with Crippen LogP contribution in [0.25, 0.3) is 0 Å². The van der Waals surface area contributed by atoms with E-state index in [1.54, 1.807) is 30.3 Å². The molecule has 0 heterocycles. The zero-order valence-corrected chi connectivity index (χ0v) is 17.1. The molecule has 0 unspecified atom stereocenters. The Labute approximate surface area is 165 Å². The quantitative estimate of drug-likeness (QED) is 0.717. The molecule has 0 aliphatic heterocycles. The summed E-state index contributed by atoms with van der Waals surface area (Å²) in [6.07, 6.45) is 1.69. The molecule has 0 aliphatic carbocycles. The van der Waals surface area contributed by atoms with Crippen LogP contribution in [0.15, 0.2) is 42.5 Å². The number of ether oxygens (including phenoxy) is 1. The highest BCUT2D eigenvalue weighted by Crippen LogP contribution is 2.25. The SMILES string of the molecule is COc1ccc(C)cc1NC(=O)CCCN(c1ccc(Cl)cc1)S(C)(=O)=O. The van der Waals surface area contributed by atoms with E-state index in [-0.39, 0.29) is 18.9 Å². The van der Waals surface area contributed by atoms with E-state index < -0.39 is 10.0 Å². The van der Waals surface area contributed by atoms with E-state index in [2.05, 4.69) is 5.32 Å². The maximum absolute atomic E-state index is 12.3. The number of amides is 1. The molecule has 0 fully saturated rings. The molecular weight excluding hydrogens is 388 g/mol. The van der Waals surface area contributed by atoms with E-state index in [9.17, 15) is 13.2 Å². The van der Waals surface area contributed by atoms with Crippen LogP contribution in [-0.2, 0) is 14.8 Å². The molecule has 8 heteroatoms. The number of carbonyl (C=O) groups excluding carboxylic acids is 1. The van der Waals surface area contributed by atoms with Crippen molar-refractivity contribution in [3.05, 3.63) is 53.1 Å². The molecule has 0 radical (unpaired) electrons. The Hall–Kier alpha value is -2.25. The Balaban J connectivity index is 1.99. The number of halogens is 1. The van der Waals surface area contributed by atoms with Crippen LogP contribution in [0.2, 0.25) is 5.02 Å². The predicted molar refractivity (Wildman–Crippen MR) is 109 cm³/mol. The Kier molecular flexibility index (Phi) is 7.10. The standard InChI is InChI=1S/C19H23ClN2O4S/c1-14-6-11-18(26-2)17(13-14)21-19(23)5-4-12-22(27(3,24)25)16-9-7-15(20)8-10-16/h6-11,13H,4-5,12H2,1-3H3,(H,21,23). The lowest BCUT2D eigenvalue weighted by molar-refractivity contribution is -0.116. The highest BCUT2D eigenvalue weighted by atomic mass is 35.5. The lowest BCUT2D eigenvalue weighted by Crippen LogP contribution is -2.31. The van der Waals surface area contributed by atoms with Gasteiger partial charge < -0.3 is 10.1 Å². The average Bonchev–Trinajstić information content (AvgIpc) is 2.59. The normalized spacial score (nSPS) is 11.1. The average molecular weight is 411 g/mol. The number of anilines is 2. The molecule has 0 saturated heterocycles. The lowest BCUT2D eigenvalue weighted by atomic mass is 10.2. The number of nitrogens with one attached hydrogen (secondary N) is 1. The van der Waals surface area contributed by atoms with Crippen molar-refractivity contribution in [2.45, 2.75) is 19.8 Å². The first-order valence-electron chi connectivity index (χ1n) is 8.38. The van der Waals surface area contributed by atoms with E-state index in [1.807, 2.05) is 19.1 Å². The Morgan fingerprint density at radius 1 is 1.19 bits per heavy atom. The summed E-state index contributed by atoms with van der Waals surface area (Å²) >= 11 is 5.86. The fraction of sp³-hybridized carbons (Fsp3) is 0.316. The number of hydrogen-bond acceptors (Lipinski definition) is 4. The molecule has 0 spiro atoms. The minimum atomic E-state index is -3.47. The van der Waals surface area contributed by atoms with Crippen molar-refractivity contribution in [1.82, 2.24) is 0 Å². The zero-order chi connectivity index (χ0) is 20.0. The van der Waals surface area contributed by atoms with Gasteiger partial charge >= 0.3 is 0 Å². The number of methoxy groups -OCH3 is 1. The molecule has 2 aromatic rings. The number of rotatable bonds is 8. The maximum atomic E-state index is 12.3. The topological polar surface area (TPSA) is 75.7 Å².